The predicted octanol–water partition coefficient (Wildman–Crippen LogP) is 1.59. The highest BCUT2D eigenvalue weighted by Gasteiger charge is 2.51. The maximum atomic E-state index is 12.0. The minimum absolute atomic E-state index is 0.210. The average molecular weight is 278 g/mol. The molecule has 2 amide bonds. The van der Waals surface area contributed by atoms with Gasteiger partial charge in [0.25, 0.3) is 0 Å². The number of hydrogen-bond donors (Lipinski definition) is 3. The number of carbonyl (C=O) groups excluding carboxylic acids is 1. The fourth-order valence-corrected chi connectivity index (χ4v) is 3.69. The van der Waals surface area contributed by atoms with E-state index in [0.29, 0.717) is 5.92 Å². The second-order valence-electron chi connectivity index (χ2n) is 5.85. The van der Waals surface area contributed by atoms with Crippen LogP contribution in [0.5, 0.6) is 0 Å². The van der Waals surface area contributed by atoms with Crippen molar-refractivity contribution in [2.24, 2.45) is 17.8 Å². The van der Waals surface area contributed by atoms with Crippen LogP contribution in [-0.4, -0.2) is 29.2 Å². The van der Waals surface area contributed by atoms with Gasteiger partial charge in [0.05, 0.1) is 12.0 Å². The summed E-state index contributed by atoms with van der Waals surface area (Å²) in [5, 5.41) is 14.9. The lowest BCUT2D eigenvalue weighted by molar-refractivity contribution is -0.144. The Morgan fingerprint density at radius 3 is 2.70 bits per heavy atom. The van der Waals surface area contributed by atoms with Crippen molar-refractivity contribution < 1.29 is 14.7 Å². The summed E-state index contributed by atoms with van der Waals surface area (Å²) in [4.78, 5) is 23.3. The monoisotopic (exact) mass is 278 g/mol. The van der Waals surface area contributed by atoms with E-state index in [9.17, 15) is 14.7 Å². The third kappa shape index (κ3) is 2.90. The van der Waals surface area contributed by atoms with Crippen LogP contribution >= 0.6 is 0 Å². The lowest BCUT2D eigenvalue weighted by atomic mass is 9.84. The van der Waals surface area contributed by atoms with Gasteiger partial charge in [0.1, 0.15) is 0 Å². The van der Waals surface area contributed by atoms with Crippen molar-refractivity contribution in [3.05, 3.63) is 0 Å². The number of fused-ring (bicyclic) bond motifs is 2. The maximum absolute atomic E-state index is 12.0. The van der Waals surface area contributed by atoms with Crippen LogP contribution in [0.15, 0.2) is 0 Å². The van der Waals surface area contributed by atoms with Gasteiger partial charge in [0.2, 0.25) is 0 Å². The molecule has 5 heteroatoms. The summed E-state index contributed by atoms with van der Waals surface area (Å²) in [5.74, 6) is 1.79. The maximum Gasteiger partial charge on any atom is 0.316 e. The van der Waals surface area contributed by atoms with E-state index >= 15 is 0 Å². The zero-order valence-corrected chi connectivity index (χ0v) is 11.8. The molecule has 5 nitrogen and oxygen atoms in total. The van der Waals surface area contributed by atoms with Gasteiger partial charge in [-0.2, -0.15) is 0 Å². The first-order valence-electron chi connectivity index (χ1n) is 7.32. The summed E-state index contributed by atoms with van der Waals surface area (Å²) in [7, 11) is 0. The van der Waals surface area contributed by atoms with Crippen molar-refractivity contribution in [1.29, 1.82) is 0 Å². The molecule has 3 N–H and O–H groups in total. The van der Waals surface area contributed by atoms with Gasteiger partial charge in [-0.05, 0) is 37.5 Å². The molecule has 0 saturated heterocycles. The highest BCUT2D eigenvalue weighted by atomic mass is 16.4. The van der Waals surface area contributed by atoms with Crippen molar-refractivity contribution in [1.82, 2.24) is 10.6 Å². The Hall–Kier alpha value is -1.70. The van der Waals surface area contributed by atoms with E-state index in [4.69, 9.17) is 6.42 Å². The lowest BCUT2D eigenvalue weighted by Gasteiger charge is -2.29. The van der Waals surface area contributed by atoms with E-state index < -0.39 is 11.9 Å². The molecule has 2 aliphatic carbocycles. The number of amides is 2. The second kappa shape index (κ2) is 6.17. The number of carboxylic acid groups (broad SMARTS) is 1. The third-order valence-electron chi connectivity index (χ3n) is 4.58. The number of aliphatic carboxylic acids is 1. The second-order valence-corrected chi connectivity index (χ2v) is 5.85. The first-order valence-corrected chi connectivity index (χ1v) is 7.32. The predicted molar refractivity (Wildman–Crippen MR) is 74.9 cm³/mol. The molecular formula is C15H22N2O3. The van der Waals surface area contributed by atoms with Crippen molar-refractivity contribution in [3.8, 4) is 12.3 Å². The minimum atomic E-state index is -0.801. The Morgan fingerprint density at radius 2 is 2.10 bits per heavy atom. The van der Waals surface area contributed by atoms with Crippen LogP contribution in [0.25, 0.3) is 0 Å². The van der Waals surface area contributed by atoms with Crippen LogP contribution in [0.4, 0.5) is 4.79 Å². The fourth-order valence-electron chi connectivity index (χ4n) is 3.69. The van der Waals surface area contributed by atoms with Crippen molar-refractivity contribution in [2.75, 3.05) is 0 Å². The zero-order valence-electron chi connectivity index (χ0n) is 11.8. The molecule has 2 fully saturated rings. The summed E-state index contributed by atoms with van der Waals surface area (Å²) in [6.45, 7) is 2.00. The van der Waals surface area contributed by atoms with Crippen LogP contribution < -0.4 is 10.6 Å². The number of carbonyl (C=O) groups is 2. The van der Waals surface area contributed by atoms with Gasteiger partial charge in [-0.3, -0.25) is 4.79 Å². The molecule has 2 bridgehead atoms. The molecule has 0 aromatic heterocycles. The lowest BCUT2D eigenvalue weighted by Crippen LogP contribution is -2.52. The van der Waals surface area contributed by atoms with Crippen molar-refractivity contribution >= 4 is 12.0 Å². The van der Waals surface area contributed by atoms with E-state index in [0.717, 1.165) is 32.1 Å². The molecule has 0 aromatic carbocycles. The van der Waals surface area contributed by atoms with Crippen LogP contribution in [0.1, 0.15) is 39.0 Å². The SMILES string of the molecule is C#CC(CCC)NC(=O)NC1C2CCC(C2)C1C(=O)O. The molecular weight excluding hydrogens is 256 g/mol. The molecule has 110 valence electrons. The number of terminal acetylenes is 1. The highest BCUT2D eigenvalue weighted by molar-refractivity contribution is 5.78. The highest BCUT2D eigenvalue weighted by Crippen LogP contribution is 2.48. The summed E-state index contributed by atoms with van der Waals surface area (Å²) >= 11 is 0. The summed E-state index contributed by atoms with van der Waals surface area (Å²) in [6, 6.07) is -0.890. The molecule has 2 saturated carbocycles. The largest absolute Gasteiger partial charge is 0.481 e. The zero-order chi connectivity index (χ0) is 14.7. The first-order chi connectivity index (χ1) is 9.56. The Labute approximate surface area is 119 Å². The molecule has 20 heavy (non-hydrogen) atoms. The van der Waals surface area contributed by atoms with E-state index in [1.54, 1.807) is 0 Å². The van der Waals surface area contributed by atoms with E-state index in [-0.39, 0.29) is 24.0 Å². The van der Waals surface area contributed by atoms with Gasteiger partial charge in [0.15, 0.2) is 0 Å². The molecule has 5 atom stereocenters. The van der Waals surface area contributed by atoms with Gasteiger partial charge in [-0.1, -0.05) is 19.3 Å². The normalized spacial score (nSPS) is 32.4. The van der Waals surface area contributed by atoms with Gasteiger partial charge >= 0.3 is 12.0 Å². The van der Waals surface area contributed by atoms with Crippen LogP contribution in [-0.2, 0) is 4.79 Å². The van der Waals surface area contributed by atoms with Crippen molar-refractivity contribution in [2.45, 2.75) is 51.1 Å². The number of nitrogens with one attached hydrogen (secondary N) is 2. The van der Waals surface area contributed by atoms with E-state index in [1.807, 2.05) is 6.92 Å². The van der Waals surface area contributed by atoms with Gasteiger partial charge in [-0.15, -0.1) is 6.42 Å². The van der Waals surface area contributed by atoms with Gasteiger partial charge in [-0.25, -0.2) is 4.79 Å². The molecule has 0 spiro atoms. The third-order valence-corrected chi connectivity index (χ3v) is 4.58. The summed E-state index contributed by atoms with van der Waals surface area (Å²) < 4.78 is 0. The molecule has 0 heterocycles. The van der Waals surface area contributed by atoms with Crippen LogP contribution in [0.2, 0.25) is 0 Å². The Morgan fingerprint density at radius 1 is 1.40 bits per heavy atom. The first kappa shape index (κ1) is 14.7. The Balaban J connectivity index is 1.93. The standard InChI is InChI=1S/C15H22N2O3/c1-3-5-11(4-2)16-15(20)17-13-10-7-6-9(8-10)12(13)14(18)19/h2,9-13H,3,5-8H2,1H3,(H,18,19)(H2,16,17,20). The van der Waals surface area contributed by atoms with E-state index in [2.05, 4.69) is 16.6 Å². The van der Waals surface area contributed by atoms with Crippen molar-refractivity contribution in [3.63, 3.8) is 0 Å². The Bertz CT molecular complexity index is 429. The van der Waals surface area contributed by atoms with Gasteiger partial charge in [0, 0.05) is 6.04 Å². The quantitative estimate of drug-likeness (QED) is 0.668. The summed E-state index contributed by atoms with van der Waals surface area (Å²) in [6.07, 6.45) is 9.86. The summed E-state index contributed by atoms with van der Waals surface area (Å²) in [5.41, 5.74) is 0. The Kier molecular flexibility index (Phi) is 4.53. The fraction of sp³-hybridized carbons (Fsp3) is 0.733. The molecule has 0 aromatic rings. The minimum Gasteiger partial charge on any atom is -0.481 e. The van der Waals surface area contributed by atoms with Crippen LogP contribution in [0.3, 0.4) is 0 Å². The molecule has 0 aliphatic heterocycles. The topological polar surface area (TPSA) is 78.4 Å². The smallest absolute Gasteiger partial charge is 0.316 e. The molecule has 2 aliphatic rings. The molecule has 2 rings (SSSR count). The number of rotatable bonds is 5. The number of hydrogen-bond acceptors (Lipinski definition) is 2. The average Bonchev–Trinajstić information content (AvgIpc) is 2.98. The number of carboxylic acids is 1. The van der Waals surface area contributed by atoms with Gasteiger partial charge < -0.3 is 15.7 Å². The molecule has 0 radical (unpaired) electrons. The molecule has 5 unspecified atom stereocenters. The number of urea groups is 1. The van der Waals surface area contributed by atoms with Crippen LogP contribution in [0, 0.1) is 30.1 Å². The van der Waals surface area contributed by atoms with E-state index in [1.165, 1.54) is 0 Å².